The molecule has 0 amide bonds. The van der Waals surface area contributed by atoms with Crippen LogP contribution in [0.15, 0.2) is 36.7 Å². The molecule has 1 heterocycles. The number of ether oxygens (including phenoxy) is 1. The van der Waals surface area contributed by atoms with Crippen molar-refractivity contribution in [2.45, 2.75) is 19.8 Å². The summed E-state index contributed by atoms with van der Waals surface area (Å²) >= 11 is 0. The zero-order valence-electron chi connectivity index (χ0n) is 10.8. The number of rotatable bonds is 4. The molecule has 0 aliphatic carbocycles. The fraction of sp³-hybridized carbons (Fsp3) is 0.286. The van der Waals surface area contributed by atoms with Crippen molar-refractivity contribution in [1.29, 1.82) is 0 Å². The van der Waals surface area contributed by atoms with Gasteiger partial charge in [-0.1, -0.05) is 32.0 Å². The van der Waals surface area contributed by atoms with E-state index in [9.17, 15) is 0 Å². The molecule has 0 fully saturated rings. The molecule has 2 rings (SSSR count). The van der Waals surface area contributed by atoms with Gasteiger partial charge in [-0.3, -0.25) is 4.98 Å². The Bertz CT molecular complexity index is 526. The van der Waals surface area contributed by atoms with Gasteiger partial charge in [-0.15, -0.1) is 0 Å². The lowest BCUT2D eigenvalue weighted by Gasteiger charge is -2.12. The average Bonchev–Trinajstić information content (AvgIpc) is 2.39. The average molecular weight is 243 g/mol. The van der Waals surface area contributed by atoms with E-state index in [1.807, 2.05) is 18.2 Å². The van der Waals surface area contributed by atoms with Crippen molar-refractivity contribution in [3.8, 4) is 11.6 Å². The highest BCUT2D eigenvalue weighted by Gasteiger charge is 2.08. The highest BCUT2D eigenvalue weighted by Crippen LogP contribution is 2.29. The molecule has 4 heteroatoms. The van der Waals surface area contributed by atoms with Gasteiger partial charge in [0, 0.05) is 7.05 Å². The summed E-state index contributed by atoms with van der Waals surface area (Å²) in [5, 5.41) is 2.94. The predicted molar refractivity (Wildman–Crippen MR) is 72.2 cm³/mol. The molecule has 2 aromatic rings. The Labute approximate surface area is 107 Å². The molecule has 1 aromatic heterocycles. The summed E-state index contributed by atoms with van der Waals surface area (Å²) < 4.78 is 5.80. The maximum absolute atomic E-state index is 5.80. The van der Waals surface area contributed by atoms with Crippen LogP contribution in [0.2, 0.25) is 0 Å². The molecule has 0 saturated heterocycles. The van der Waals surface area contributed by atoms with E-state index in [1.165, 1.54) is 0 Å². The Kier molecular flexibility index (Phi) is 3.77. The Morgan fingerprint density at radius 1 is 1.17 bits per heavy atom. The van der Waals surface area contributed by atoms with Gasteiger partial charge in [0.05, 0.1) is 12.4 Å². The SMILES string of the molecule is CNc1cncc(Oc2ccccc2C(C)C)n1. The van der Waals surface area contributed by atoms with Crippen LogP contribution < -0.4 is 10.1 Å². The third-order valence-electron chi connectivity index (χ3n) is 2.62. The van der Waals surface area contributed by atoms with E-state index in [1.54, 1.807) is 19.4 Å². The highest BCUT2D eigenvalue weighted by atomic mass is 16.5. The second-order valence-corrected chi connectivity index (χ2v) is 4.29. The Balaban J connectivity index is 2.28. The molecule has 1 aromatic carbocycles. The van der Waals surface area contributed by atoms with Crippen molar-refractivity contribution in [1.82, 2.24) is 9.97 Å². The Morgan fingerprint density at radius 2 is 1.94 bits per heavy atom. The number of nitrogens with one attached hydrogen (secondary N) is 1. The van der Waals surface area contributed by atoms with Crippen molar-refractivity contribution in [3.63, 3.8) is 0 Å². The van der Waals surface area contributed by atoms with Gasteiger partial charge in [0.2, 0.25) is 5.88 Å². The van der Waals surface area contributed by atoms with Crippen molar-refractivity contribution in [3.05, 3.63) is 42.2 Å². The van der Waals surface area contributed by atoms with Crippen molar-refractivity contribution < 1.29 is 4.74 Å². The second kappa shape index (κ2) is 5.49. The van der Waals surface area contributed by atoms with Crippen LogP contribution in [0.4, 0.5) is 5.82 Å². The van der Waals surface area contributed by atoms with Gasteiger partial charge in [-0.05, 0) is 17.5 Å². The standard InChI is InChI=1S/C14H17N3O/c1-10(2)11-6-4-5-7-12(11)18-14-9-16-8-13(15-3)17-14/h4-10H,1-3H3,(H,15,17). The molecule has 0 unspecified atom stereocenters. The first kappa shape index (κ1) is 12.4. The van der Waals surface area contributed by atoms with Crippen LogP contribution in [0.5, 0.6) is 11.6 Å². The van der Waals surface area contributed by atoms with E-state index in [0.717, 1.165) is 11.3 Å². The molecule has 1 N–H and O–H groups in total. The zero-order valence-corrected chi connectivity index (χ0v) is 10.8. The lowest BCUT2D eigenvalue weighted by Crippen LogP contribution is -1.98. The van der Waals surface area contributed by atoms with Gasteiger partial charge in [0.25, 0.3) is 0 Å². The first-order valence-corrected chi connectivity index (χ1v) is 5.97. The number of nitrogens with zero attached hydrogens (tertiary/aromatic N) is 2. The van der Waals surface area contributed by atoms with E-state index >= 15 is 0 Å². The van der Waals surface area contributed by atoms with Crippen LogP contribution in [0.3, 0.4) is 0 Å². The molecular weight excluding hydrogens is 226 g/mol. The number of para-hydroxylation sites is 1. The fourth-order valence-electron chi connectivity index (χ4n) is 1.68. The third kappa shape index (κ3) is 2.77. The Hall–Kier alpha value is -2.10. The monoisotopic (exact) mass is 243 g/mol. The molecule has 0 aliphatic rings. The summed E-state index contributed by atoms with van der Waals surface area (Å²) in [6.07, 6.45) is 3.26. The van der Waals surface area contributed by atoms with E-state index in [0.29, 0.717) is 17.6 Å². The minimum absolute atomic E-state index is 0.404. The lowest BCUT2D eigenvalue weighted by atomic mass is 10.0. The van der Waals surface area contributed by atoms with Gasteiger partial charge < -0.3 is 10.1 Å². The number of benzene rings is 1. The number of aromatic nitrogens is 2. The van der Waals surface area contributed by atoms with Crippen LogP contribution in [0.25, 0.3) is 0 Å². The second-order valence-electron chi connectivity index (χ2n) is 4.29. The van der Waals surface area contributed by atoms with Crippen LogP contribution >= 0.6 is 0 Å². The molecule has 4 nitrogen and oxygen atoms in total. The molecule has 0 spiro atoms. The summed E-state index contributed by atoms with van der Waals surface area (Å²) in [6.45, 7) is 4.27. The number of hydrogen-bond donors (Lipinski definition) is 1. The van der Waals surface area contributed by atoms with Crippen molar-refractivity contribution >= 4 is 5.82 Å². The predicted octanol–water partition coefficient (Wildman–Crippen LogP) is 3.43. The molecule has 94 valence electrons. The minimum atomic E-state index is 0.404. The van der Waals surface area contributed by atoms with E-state index < -0.39 is 0 Å². The number of hydrogen-bond acceptors (Lipinski definition) is 4. The molecule has 0 aliphatic heterocycles. The van der Waals surface area contributed by atoms with Gasteiger partial charge in [0.15, 0.2) is 0 Å². The van der Waals surface area contributed by atoms with Gasteiger partial charge in [-0.25, -0.2) is 0 Å². The van der Waals surface area contributed by atoms with E-state index in [4.69, 9.17) is 4.74 Å². The van der Waals surface area contributed by atoms with Crippen LogP contribution in [-0.4, -0.2) is 17.0 Å². The fourth-order valence-corrected chi connectivity index (χ4v) is 1.68. The van der Waals surface area contributed by atoms with Gasteiger partial charge in [0.1, 0.15) is 11.6 Å². The van der Waals surface area contributed by atoms with E-state index in [-0.39, 0.29) is 0 Å². The summed E-state index contributed by atoms with van der Waals surface area (Å²) in [5.41, 5.74) is 1.16. The largest absolute Gasteiger partial charge is 0.437 e. The molecule has 0 saturated carbocycles. The van der Waals surface area contributed by atoms with E-state index in [2.05, 4.69) is 35.2 Å². The molecule has 0 atom stereocenters. The van der Waals surface area contributed by atoms with Gasteiger partial charge in [-0.2, -0.15) is 4.98 Å². The minimum Gasteiger partial charge on any atom is -0.437 e. The first-order chi connectivity index (χ1) is 8.70. The molecule has 18 heavy (non-hydrogen) atoms. The van der Waals surface area contributed by atoms with Crippen molar-refractivity contribution in [2.75, 3.05) is 12.4 Å². The zero-order chi connectivity index (χ0) is 13.0. The van der Waals surface area contributed by atoms with Crippen LogP contribution in [0, 0.1) is 0 Å². The molecule has 0 bridgehead atoms. The summed E-state index contributed by atoms with van der Waals surface area (Å²) in [7, 11) is 1.80. The van der Waals surface area contributed by atoms with Crippen LogP contribution in [0.1, 0.15) is 25.3 Å². The topological polar surface area (TPSA) is 47.0 Å². The third-order valence-corrected chi connectivity index (χ3v) is 2.62. The smallest absolute Gasteiger partial charge is 0.239 e. The normalized spacial score (nSPS) is 10.4. The van der Waals surface area contributed by atoms with Crippen LogP contribution in [-0.2, 0) is 0 Å². The maximum Gasteiger partial charge on any atom is 0.239 e. The molecule has 0 radical (unpaired) electrons. The summed E-state index contributed by atoms with van der Waals surface area (Å²) in [4.78, 5) is 8.37. The summed E-state index contributed by atoms with van der Waals surface area (Å²) in [6, 6.07) is 7.98. The quantitative estimate of drug-likeness (QED) is 0.893. The highest BCUT2D eigenvalue weighted by molar-refractivity contribution is 5.39. The van der Waals surface area contributed by atoms with Gasteiger partial charge >= 0.3 is 0 Å². The number of anilines is 1. The summed E-state index contributed by atoms with van der Waals surface area (Å²) in [5.74, 6) is 2.42. The van der Waals surface area contributed by atoms with Crippen molar-refractivity contribution in [2.24, 2.45) is 0 Å². The maximum atomic E-state index is 5.80. The Morgan fingerprint density at radius 3 is 2.67 bits per heavy atom. The first-order valence-electron chi connectivity index (χ1n) is 5.97. The lowest BCUT2D eigenvalue weighted by molar-refractivity contribution is 0.452. The molecular formula is C14H17N3O.